The van der Waals surface area contributed by atoms with Crippen LogP contribution in [0, 0.1) is 6.92 Å². The van der Waals surface area contributed by atoms with Crippen LogP contribution in [0.1, 0.15) is 43.7 Å². The fraction of sp³-hybridized carbons (Fsp3) is 0.200. The van der Waals surface area contributed by atoms with Crippen molar-refractivity contribution in [2.45, 2.75) is 13.8 Å². The van der Waals surface area contributed by atoms with Crippen LogP contribution in [-0.4, -0.2) is 36.6 Å². The van der Waals surface area contributed by atoms with E-state index in [1.54, 1.807) is 25.1 Å². The number of allylic oxidation sites excluding steroid dienone is 2. The van der Waals surface area contributed by atoms with E-state index in [9.17, 15) is 14.4 Å². The molecule has 0 fully saturated rings. The average molecular weight is 351 g/mol. The number of carbonyl (C=O) groups is 3. The molecule has 1 aliphatic carbocycles. The Kier molecular flexibility index (Phi) is 4.42. The van der Waals surface area contributed by atoms with Crippen molar-refractivity contribution in [2.75, 3.05) is 14.2 Å². The minimum absolute atomic E-state index is 0.0762. The highest BCUT2D eigenvalue weighted by atomic mass is 16.5. The minimum atomic E-state index is -0.580. The first-order valence-electron chi connectivity index (χ1n) is 7.92. The number of ether oxygens (including phenoxy) is 2. The van der Waals surface area contributed by atoms with Crippen molar-refractivity contribution in [2.24, 2.45) is 0 Å². The van der Waals surface area contributed by atoms with E-state index in [2.05, 4.69) is 4.98 Å². The van der Waals surface area contributed by atoms with Gasteiger partial charge in [-0.15, -0.1) is 0 Å². The van der Waals surface area contributed by atoms with Crippen molar-refractivity contribution < 1.29 is 23.9 Å². The quantitative estimate of drug-likeness (QED) is 0.622. The summed E-state index contributed by atoms with van der Waals surface area (Å²) in [5.41, 5.74) is 1.02. The predicted octanol–water partition coefficient (Wildman–Crippen LogP) is 2.99. The number of ketones is 3. The summed E-state index contributed by atoms with van der Waals surface area (Å²) in [6, 6.07) is 6.29. The second-order valence-electron chi connectivity index (χ2n) is 5.96. The Labute approximate surface area is 150 Å². The standard InChI is InChI=1S/C20H17NO5/c1-10-7-14-17(21-9-10)18(22)11(2)16(20(14)24)19(23)13-8-12(25-3)5-6-15(13)26-4/h5-9H,1-4H3. The summed E-state index contributed by atoms with van der Waals surface area (Å²) in [5, 5.41) is 0. The molecule has 0 atom stereocenters. The molecule has 0 saturated heterocycles. The number of nitrogens with zero attached hydrogens (tertiary/aromatic N) is 1. The van der Waals surface area contributed by atoms with E-state index < -0.39 is 17.3 Å². The van der Waals surface area contributed by atoms with E-state index >= 15 is 0 Å². The number of pyridine rings is 1. The Morgan fingerprint density at radius 2 is 1.73 bits per heavy atom. The second-order valence-corrected chi connectivity index (χ2v) is 5.96. The van der Waals surface area contributed by atoms with Gasteiger partial charge in [-0.25, -0.2) is 0 Å². The smallest absolute Gasteiger partial charge is 0.208 e. The maximum absolute atomic E-state index is 13.1. The number of hydrogen-bond donors (Lipinski definition) is 0. The lowest BCUT2D eigenvalue weighted by Crippen LogP contribution is -2.27. The van der Waals surface area contributed by atoms with Crippen LogP contribution in [-0.2, 0) is 0 Å². The molecule has 0 bridgehead atoms. The Balaban J connectivity index is 2.17. The lowest BCUT2D eigenvalue weighted by Gasteiger charge is -2.19. The summed E-state index contributed by atoms with van der Waals surface area (Å²) in [4.78, 5) is 42.8. The van der Waals surface area contributed by atoms with E-state index in [1.165, 1.54) is 33.4 Å². The highest BCUT2D eigenvalue weighted by molar-refractivity contribution is 6.39. The van der Waals surface area contributed by atoms with Crippen LogP contribution in [0.25, 0.3) is 0 Å². The molecular formula is C20H17NO5. The number of carbonyl (C=O) groups excluding carboxylic acids is 3. The zero-order valence-electron chi connectivity index (χ0n) is 14.9. The number of rotatable bonds is 4. The molecule has 6 heteroatoms. The predicted molar refractivity (Wildman–Crippen MR) is 94.2 cm³/mol. The van der Waals surface area contributed by atoms with Crippen molar-refractivity contribution >= 4 is 17.3 Å². The number of aryl methyl sites for hydroxylation is 1. The first kappa shape index (κ1) is 17.5. The Morgan fingerprint density at radius 1 is 1.00 bits per heavy atom. The van der Waals surface area contributed by atoms with Gasteiger partial charge < -0.3 is 9.47 Å². The van der Waals surface area contributed by atoms with Crippen LogP contribution in [0.2, 0.25) is 0 Å². The molecule has 1 aromatic carbocycles. The number of aromatic nitrogens is 1. The fourth-order valence-corrected chi connectivity index (χ4v) is 2.92. The Bertz CT molecular complexity index is 988. The van der Waals surface area contributed by atoms with Gasteiger partial charge in [-0.05, 0) is 43.7 Å². The summed E-state index contributed by atoms with van der Waals surface area (Å²) in [7, 11) is 2.90. The van der Waals surface area contributed by atoms with Crippen molar-refractivity contribution in [3.63, 3.8) is 0 Å². The van der Waals surface area contributed by atoms with Gasteiger partial charge in [0.15, 0.2) is 5.78 Å². The number of fused-ring (bicyclic) bond motifs is 1. The molecule has 3 rings (SSSR count). The maximum Gasteiger partial charge on any atom is 0.208 e. The van der Waals surface area contributed by atoms with Gasteiger partial charge in [0, 0.05) is 11.8 Å². The number of Topliss-reactive ketones (excluding diaryl/α,β-unsaturated/α-hetero) is 3. The molecule has 1 heterocycles. The molecule has 0 radical (unpaired) electrons. The fourth-order valence-electron chi connectivity index (χ4n) is 2.92. The SMILES string of the molecule is COc1ccc(OC)c(C(=O)C2=C(C)C(=O)c3ncc(C)cc3C2=O)c1. The lowest BCUT2D eigenvalue weighted by molar-refractivity contribution is 0.0924. The van der Waals surface area contributed by atoms with Crippen LogP contribution in [0.3, 0.4) is 0 Å². The minimum Gasteiger partial charge on any atom is -0.497 e. The van der Waals surface area contributed by atoms with Crippen molar-refractivity contribution in [3.05, 3.63) is 64.0 Å². The summed E-state index contributed by atoms with van der Waals surface area (Å²) < 4.78 is 10.4. The molecule has 2 aromatic rings. The van der Waals surface area contributed by atoms with Crippen LogP contribution in [0.4, 0.5) is 0 Å². The van der Waals surface area contributed by atoms with Gasteiger partial charge in [-0.1, -0.05) is 0 Å². The van der Waals surface area contributed by atoms with Crippen LogP contribution >= 0.6 is 0 Å². The lowest BCUT2D eigenvalue weighted by atomic mass is 9.83. The van der Waals surface area contributed by atoms with E-state index in [0.29, 0.717) is 11.5 Å². The van der Waals surface area contributed by atoms with Gasteiger partial charge in [0.05, 0.1) is 30.9 Å². The van der Waals surface area contributed by atoms with E-state index in [4.69, 9.17) is 9.47 Å². The molecule has 0 spiro atoms. The van der Waals surface area contributed by atoms with E-state index in [0.717, 1.165) is 5.56 Å². The number of methoxy groups -OCH3 is 2. The van der Waals surface area contributed by atoms with Crippen LogP contribution in [0.5, 0.6) is 11.5 Å². The largest absolute Gasteiger partial charge is 0.497 e. The summed E-state index contributed by atoms with van der Waals surface area (Å²) >= 11 is 0. The van der Waals surface area contributed by atoms with Crippen molar-refractivity contribution in [3.8, 4) is 11.5 Å². The molecule has 0 N–H and O–H groups in total. The highest BCUT2D eigenvalue weighted by Gasteiger charge is 2.36. The summed E-state index contributed by atoms with van der Waals surface area (Å²) in [6.07, 6.45) is 1.52. The second kappa shape index (κ2) is 6.55. The van der Waals surface area contributed by atoms with Gasteiger partial charge in [0.2, 0.25) is 11.6 Å². The molecule has 0 saturated carbocycles. The van der Waals surface area contributed by atoms with Crippen LogP contribution < -0.4 is 9.47 Å². The molecule has 26 heavy (non-hydrogen) atoms. The van der Waals surface area contributed by atoms with Gasteiger partial charge in [-0.2, -0.15) is 0 Å². The first-order valence-corrected chi connectivity index (χ1v) is 7.92. The Hall–Kier alpha value is -3.28. The van der Waals surface area contributed by atoms with Gasteiger partial charge in [0.25, 0.3) is 0 Å². The monoisotopic (exact) mass is 351 g/mol. The molecule has 1 aromatic heterocycles. The number of benzene rings is 1. The van der Waals surface area contributed by atoms with Gasteiger partial charge in [-0.3, -0.25) is 19.4 Å². The molecule has 1 aliphatic rings. The third kappa shape index (κ3) is 2.69. The highest BCUT2D eigenvalue weighted by Crippen LogP contribution is 2.32. The molecular weight excluding hydrogens is 334 g/mol. The average Bonchev–Trinajstić information content (AvgIpc) is 2.65. The number of hydrogen-bond acceptors (Lipinski definition) is 6. The van der Waals surface area contributed by atoms with E-state index in [1.807, 2.05) is 0 Å². The molecule has 132 valence electrons. The van der Waals surface area contributed by atoms with E-state index in [-0.39, 0.29) is 28.0 Å². The third-order valence-corrected chi connectivity index (χ3v) is 4.31. The van der Waals surface area contributed by atoms with Crippen molar-refractivity contribution in [1.82, 2.24) is 4.98 Å². The zero-order valence-corrected chi connectivity index (χ0v) is 14.9. The molecule has 0 aliphatic heterocycles. The van der Waals surface area contributed by atoms with Crippen LogP contribution in [0.15, 0.2) is 41.6 Å². The van der Waals surface area contributed by atoms with Crippen molar-refractivity contribution in [1.29, 1.82) is 0 Å². The maximum atomic E-state index is 13.1. The molecule has 0 amide bonds. The van der Waals surface area contributed by atoms with Gasteiger partial charge >= 0.3 is 0 Å². The third-order valence-electron chi connectivity index (χ3n) is 4.31. The molecule has 0 unspecified atom stereocenters. The zero-order chi connectivity index (χ0) is 19.0. The summed E-state index contributed by atoms with van der Waals surface area (Å²) in [6.45, 7) is 3.23. The molecule has 6 nitrogen and oxygen atoms in total. The normalized spacial score (nSPS) is 13.5. The first-order chi connectivity index (χ1) is 12.4. The van der Waals surface area contributed by atoms with Gasteiger partial charge in [0.1, 0.15) is 17.2 Å². The summed E-state index contributed by atoms with van der Waals surface area (Å²) in [5.74, 6) is -0.777. The Morgan fingerprint density at radius 3 is 2.38 bits per heavy atom. The topological polar surface area (TPSA) is 82.6 Å².